The third kappa shape index (κ3) is 11.9. The molecular formula is C31H32N4NaO9P2+. The Balaban J connectivity index is 0.00000600. The third-order valence-electron chi connectivity index (χ3n) is 6.70. The van der Waals surface area contributed by atoms with E-state index >= 15 is 0 Å². The first kappa shape index (κ1) is 37.8. The molecule has 16 heteroatoms. The van der Waals surface area contributed by atoms with E-state index in [9.17, 15) is 23.5 Å². The van der Waals surface area contributed by atoms with Gasteiger partial charge in [0.05, 0.1) is 12.3 Å². The molecule has 0 aliphatic carbocycles. The summed E-state index contributed by atoms with van der Waals surface area (Å²) in [6.07, 6.45) is -0.818. The zero-order valence-corrected chi connectivity index (χ0v) is 29.5. The first-order valence-corrected chi connectivity index (χ1v) is 17.3. The van der Waals surface area contributed by atoms with Crippen LogP contribution in [-0.2, 0) is 21.5 Å². The minimum Gasteiger partial charge on any atom is -0.324 e. The van der Waals surface area contributed by atoms with Crippen molar-refractivity contribution in [2.24, 2.45) is 0 Å². The Bertz CT molecular complexity index is 1740. The van der Waals surface area contributed by atoms with Crippen LogP contribution in [0.25, 0.3) is 0 Å². The molecule has 0 aliphatic heterocycles. The molecule has 0 fully saturated rings. The summed E-state index contributed by atoms with van der Waals surface area (Å²) in [6, 6.07) is 21.1. The number of nitrogens with one attached hydrogen (secondary N) is 4. The maximum Gasteiger partial charge on any atom is 1.00 e. The molecule has 0 aliphatic rings. The number of rotatable bonds is 10. The summed E-state index contributed by atoms with van der Waals surface area (Å²) in [6.45, 7) is 3.51. The monoisotopic (exact) mass is 689 g/mol. The van der Waals surface area contributed by atoms with Gasteiger partial charge in [-0.3, -0.25) is 18.7 Å². The SMILES string of the molecule is Cc1ccc(C(=O)Nc2ccc(CP(=O)(O)O)cc2)cc1NC(=O)Nc1cc(C(=O)Nc2ccc(CP(=O)(O)O)cc2)ccc1C.[Na+]. The predicted molar refractivity (Wildman–Crippen MR) is 175 cm³/mol. The van der Waals surface area contributed by atoms with Crippen LogP contribution >= 0.6 is 15.2 Å². The fourth-order valence-corrected chi connectivity index (χ4v) is 5.71. The fourth-order valence-electron chi connectivity index (χ4n) is 4.34. The van der Waals surface area contributed by atoms with Crippen molar-refractivity contribution in [1.29, 1.82) is 0 Å². The maximum atomic E-state index is 13.0. The number of urea groups is 1. The predicted octanol–water partition coefficient (Wildman–Crippen LogP) is 2.81. The molecule has 4 aromatic rings. The van der Waals surface area contributed by atoms with Gasteiger partial charge in [0.15, 0.2) is 0 Å². The van der Waals surface area contributed by atoms with Crippen molar-refractivity contribution in [2.45, 2.75) is 26.2 Å². The quantitative estimate of drug-likeness (QED) is 0.0907. The number of benzene rings is 4. The fraction of sp³-hybridized carbons (Fsp3) is 0.129. The number of hydrogen-bond acceptors (Lipinski definition) is 5. The van der Waals surface area contributed by atoms with E-state index in [1.54, 1.807) is 38.1 Å². The largest absolute Gasteiger partial charge is 1.00 e. The molecular weight excluding hydrogens is 657 g/mol. The van der Waals surface area contributed by atoms with Crippen molar-refractivity contribution in [1.82, 2.24) is 0 Å². The average Bonchev–Trinajstić information content (AvgIpc) is 2.96. The van der Waals surface area contributed by atoms with E-state index in [1.165, 1.54) is 60.7 Å². The molecule has 4 rings (SSSR count). The molecule has 8 N–H and O–H groups in total. The minimum atomic E-state index is -4.22. The maximum absolute atomic E-state index is 13.0. The number of carbonyl (C=O) groups excluding carboxylic acids is 3. The molecule has 240 valence electrons. The van der Waals surface area contributed by atoms with Crippen LogP contribution in [0.1, 0.15) is 43.0 Å². The number of amides is 4. The molecule has 0 unspecified atom stereocenters. The summed E-state index contributed by atoms with van der Waals surface area (Å²) < 4.78 is 22.4. The van der Waals surface area contributed by atoms with Gasteiger partial charge in [-0.05, 0) is 84.6 Å². The molecule has 0 saturated carbocycles. The van der Waals surface area contributed by atoms with Crippen LogP contribution in [0.3, 0.4) is 0 Å². The summed E-state index contributed by atoms with van der Waals surface area (Å²) in [5.74, 6) is -0.922. The van der Waals surface area contributed by atoms with Gasteiger partial charge >= 0.3 is 50.8 Å². The van der Waals surface area contributed by atoms with E-state index < -0.39 is 45.4 Å². The van der Waals surface area contributed by atoms with Gasteiger partial charge < -0.3 is 40.8 Å². The summed E-state index contributed by atoms with van der Waals surface area (Å²) in [5, 5.41) is 10.9. The molecule has 0 aromatic heterocycles. The van der Waals surface area contributed by atoms with Crippen molar-refractivity contribution in [2.75, 3.05) is 21.3 Å². The zero-order valence-electron chi connectivity index (χ0n) is 25.7. The molecule has 0 radical (unpaired) electrons. The average molecular weight is 690 g/mol. The molecule has 47 heavy (non-hydrogen) atoms. The van der Waals surface area contributed by atoms with Gasteiger partial charge in [-0.15, -0.1) is 0 Å². The molecule has 4 amide bonds. The van der Waals surface area contributed by atoms with Crippen LogP contribution in [0.2, 0.25) is 0 Å². The van der Waals surface area contributed by atoms with E-state index in [0.717, 1.165) is 0 Å². The van der Waals surface area contributed by atoms with Crippen molar-refractivity contribution in [3.05, 3.63) is 118 Å². The van der Waals surface area contributed by atoms with Crippen molar-refractivity contribution in [3.8, 4) is 0 Å². The Labute approximate surface area is 292 Å². The first-order valence-electron chi connectivity index (χ1n) is 13.7. The van der Waals surface area contributed by atoms with Crippen LogP contribution < -0.4 is 50.8 Å². The second kappa shape index (κ2) is 16.0. The van der Waals surface area contributed by atoms with E-state index in [-0.39, 0.29) is 40.7 Å². The molecule has 0 heterocycles. The van der Waals surface area contributed by atoms with Crippen molar-refractivity contribution < 1.29 is 72.6 Å². The number of aryl methyl sites for hydroxylation is 2. The van der Waals surface area contributed by atoms with Gasteiger partial charge in [-0.2, -0.15) is 0 Å². The van der Waals surface area contributed by atoms with Gasteiger partial charge in [0, 0.05) is 33.9 Å². The van der Waals surface area contributed by atoms with Crippen LogP contribution in [0, 0.1) is 13.8 Å². The van der Waals surface area contributed by atoms with Crippen molar-refractivity contribution >= 4 is 55.8 Å². The van der Waals surface area contributed by atoms with E-state index in [4.69, 9.17) is 19.6 Å². The second-order valence-corrected chi connectivity index (χ2v) is 13.9. The number of anilines is 4. The first-order chi connectivity index (χ1) is 21.5. The molecule has 0 atom stereocenters. The summed E-state index contributed by atoms with van der Waals surface area (Å²) in [4.78, 5) is 75.2. The molecule has 0 spiro atoms. The van der Waals surface area contributed by atoms with Crippen LogP contribution in [0.15, 0.2) is 84.9 Å². The van der Waals surface area contributed by atoms with Gasteiger partial charge in [0.2, 0.25) is 0 Å². The van der Waals surface area contributed by atoms with Gasteiger partial charge in [0.1, 0.15) is 0 Å². The number of hydrogen-bond donors (Lipinski definition) is 8. The van der Waals surface area contributed by atoms with Crippen LogP contribution in [0.5, 0.6) is 0 Å². The smallest absolute Gasteiger partial charge is 0.324 e. The summed E-state index contributed by atoms with van der Waals surface area (Å²) in [7, 11) is -8.43. The van der Waals surface area contributed by atoms with E-state index in [1.807, 2.05) is 0 Å². The molecule has 13 nitrogen and oxygen atoms in total. The van der Waals surface area contributed by atoms with E-state index in [0.29, 0.717) is 45.0 Å². The Morgan fingerprint density at radius 2 is 0.894 bits per heavy atom. The van der Waals surface area contributed by atoms with Gasteiger partial charge in [0.25, 0.3) is 11.8 Å². The second-order valence-electron chi connectivity index (χ2n) is 10.6. The Morgan fingerprint density at radius 3 is 1.21 bits per heavy atom. The molecule has 4 aromatic carbocycles. The third-order valence-corrected chi connectivity index (χ3v) is 8.25. The topological polar surface area (TPSA) is 214 Å². The summed E-state index contributed by atoms with van der Waals surface area (Å²) >= 11 is 0. The van der Waals surface area contributed by atoms with Gasteiger partial charge in [-0.25, -0.2) is 4.79 Å². The minimum absolute atomic E-state index is 0. The van der Waals surface area contributed by atoms with Crippen LogP contribution in [-0.4, -0.2) is 37.4 Å². The Kier molecular flexibility index (Phi) is 12.9. The van der Waals surface area contributed by atoms with Crippen LogP contribution in [0.4, 0.5) is 27.5 Å². The Hall–Kier alpha value is -3.61. The standard InChI is InChI=1S/C31H32N4O9P2.Na/c1-19-3-9-23(29(36)32-25-11-5-21(6-12-25)17-45(39,40)41)15-27(19)34-31(38)35-28-16-24(10-4-20(28)2)30(37)33-26-13-7-22(8-14-26)18-46(42,43)44;/h3-16H,17-18H2,1-2H3,(H,32,36)(H,33,37)(H2,34,35,38)(H2,39,40,41)(H2,42,43,44);/q;+1. The Morgan fingerprint density at radius 1 is 0.553 bits per heavy atom. The zero-order chi connectivity index (χ0) is 33.6. The normalized spacial score (nSPS) is 11.2. The molecule has 0 bridgehead atoms. The number of carbonyl (C=O) groups is 3. The van der Waals surface area contributed by atoms with Gasteiger partial charge in [-0.1, -0.05) is 36.4 Å². The van der Waals surface area contributed by atoms with E-state index in [2.05, 4.69) is 21.3 Å². The molecule has 0 saturated heterocycles. The summed E-state index contributed by atoms with van der Waals surface area (Å²) in [5.41, 5.74) is 4.31. The van der Waals surface area contributed by atoms with Crippen molar-refractivity contribution in [3.63, 3.8) is 0 Å².